The quantitative estimate of drug-likeness (QED) is 0.781. The van der Waals surface area contributed by atoms with Crippen molar-refractivity contribution >= 4 is 10.0 Å². The van der Waals surface area contributed by atoms with Crippen LogP contribution in [0.25, 0.3) is 0 Å². The Kier molecular flexibility index (Phi) is 4.10. The number of fused-ring (bicyclic) bond motifs is 1. The number of hydrogen-bond donors (Lipinski definition) is 0. The van der Waals surface area contributed by atoms with Crippen LogP contribution in [0.1, 0.15) is 60.5 Å². The molecular formula is C19H23N3O4S. The van der Waals surface area contributed by atoms with Crippen molar-refractivity contribution < 1.29 is 17.7 Å². The van der Waals surface area contributed by atoms with Gasteiger partial charge in [0.1, 0.15) is 6.04 Å². The van der Waals surface area contributed by atoms with Gasteiger partial charge in [-0.3, -0.25) is 0 Å². The molecule has 1 aromatic carbocycles. The number of aromatic nitrogens is 2. The normalized spacial score (nSPS) is 25.8. The van der Waals surface area contributed by atoms with Gasteiger partial charge in [-0.25, -0.2) is 8.42 Å². The number of aryl methyl sites for hydroxylation is 2. The van der Waals surface area contributed by atoms with Crippen molar-refractivity contribution in [3.8, 4) is 0 Å². The Morgan fingerprint density at radius 2 is 2.04 bits per heavy atom. The van der Waals surface area contributed by atoms with Crippen LogP contribution in [0.4, 0.5) is 0 Å². The highest BCUT2D eigenvalue weighted by atomic mass is 32.2. The molecule has 0 N–H and O–H groups in total. The fourth-order valence-electron chi connectivity index (χ4n) is 4.16. The summed E-state index contributed by atoms with van der Waals surface area (Å²) in [6, 6.07) is 5.03. The third-order valence-electron chi connectivity index (χ3n) is 5.91. The van der Waals surface area contributed by atoms with Gasteiger partial charge in [-0.2, -0.15) is 9.29 Å². The van der Waals surface area contributed by atoms with E-state index < -0.39 is 16.1 Å². The summed E-state index contributed by atoms with van der Waals surface area (Å²) in [7, 11) is -2.06. The molecule has 1 aliphatic heterocycles. The number of hydrogen-bond acceptors (Lipinski definition) is 6. The summed E-state index contributed by atoms with van der Waals surface area (Å²) in [4.78, 5) is 4.84. The van der Waals surface area contributed by atoms with Crippen LogP contribution in [0, 0.1) is 0 Å². The van der Waals surface area contributed by atoms with Crippen LogP contribution >= 0.6 is 0 Å². The minimum Gasteiger partial charge on any atom is -0.380 e. The smallest absolute Gasteiger partial charge is 0.245 e. The van der Waals surface area contributed by atoms with Gasteiger partial charge >= 0.3 is 0 Å². The van der Waals surface area contributed by atoms with E-state index >= 15 is 0 Å². The van der Waals surface area contributed by atoms with Gasteiger partial charge in [-0.15, -0.1) is 0 Å². The number of sulfonamides is 1. The third kappa shape index (κ3) is 2.99. The molecule has 27 heavy (non-hydrogen) atoms. The highest BCUT2D eigenvalue weighted by Crippen LogP contribution is 2.41. The summed E-state index contributed by atoms with van der Waals surface area (Å²) in [6.07, 6.45) is 5.53. The molecule has 0 amide bonds. The first-order valence-electron chi connectivity index (χ1n) is 9.56. The Labute approximate surface area is 158 Å². The molecule has 1 aromatic heterocycles. The van der Waals surface area contributed by atoms with E-state index in [2.05, 4.69) is 10.1 Å². The first-order valence-corrected chi connectivity index (χ1v) is 11.0. The van der Waals surface area contributed by atoms with Crippen LogP contribution < -0.4 is 0 Å². The Balaban J connectivity index is 1.49. The molecule has 0 bridgehead atoms. The zero-order chi connectivity index (χ0) is 18.6. The molecule has 5 rings (SSSR count). The topological polar surface area (TPSA) is 85.5 Å². The van der Waals surface area contributed by atoms with E-state index in [4.69, 9.17) is 9.26 Å². The van der Waals surface area contributed by atoms with Crippen LogP contribution in [0.5, 0.6) is 0 Å². The van der Waals surface area contributed by atoms with Crippen LogP contribution in [0.2, 0.25) is 0 Å². The van der Waals surface area contributed by atoms with E-state index in [1.807, 2.05) is 12.1 Å². The first-order chi connectivity index (χ1) is 13.1. The highest BCUT2D eigenvalue weighted by molar-refractivity contribution is 7.89. The fourth-order valence-corrected chi connectivity index (χ4v) is 5.84. The highest BCUT2D eigenvalue weighted by Gasteiger charge is 2.44. The molecule has 1 saturated carbocycles. The first kappa shape index (κ1) is 17.3. The minimum absolute atomic E-state index is 0.185. The van der Waals surface area contributed by atoms with Gasteiger partial charge in [0.05, 0.1) is 11.0 Å². The average molecular weight is 389 g/mol. The van der Waals surface area contributed by atoms with E-state index in [9.17, 15) is 8.42 Å². The maximum Gasteiger partial charge on any atom is 0.245 e. The van der Waals surface area contributed by atoms with Crippen LogP contribution in [0.3, 0.4) is 0 Å². The number of methoxy groups -OCH3 is 1. The summed E-state index contributed by atoms with van der Waals surface area (Å²) in [5, 5.41) is 4.06. The van der Waals surface area contributed by atoms with Gasteiger partial charge in [0.2, 0.25) is 15.9 Å². The lowest BCUT2D eigenvalue weighted by Crippen LogP contribution is -2.32. The lowest BCUT2D eigenvalue weighted by atomic mass is 10.1. The Bertz CT molecular complexity index is 967. The summed E-state index contributed by atoms with van der Waals surface area (Å²) in [5.41, 5.74) is 2.40. The summed E-state index contributed by atoms with van der Waals surface area (Å²) in [5.74, 6) is 1.44. The molecule has 7 nitrogen and oxygen atoms in total. The van der Waals surface area contributed by atoms with E-state index in [1.165, 1.54) is 9.87 Å². The van der Waals surface area contributed by atoms with Crippen molar-refractivity contribution in [2.45, 2.75) is 61.5 Å². The molecule has 0 radical (unpaired) electrons. The molecule has 2 fully saturated rings. The van der Waals surface area contributed by atoms with Crippen molar-refractivity contribution in [2.75, 3.05) is 13.7 Å². The molecule has 8 heteroatoms. The zero-order valence-electron chi connectivity index (χ0n) is 15.3. The predicted molar refractivity (Wildman–Crippen MR) is 96.8 cm³/mol. The lowest BCUT2D eigenvalue weighted by molar-refractivity contribution is 0.114. The second-order valence-electron chi connectivity index (χ2n) is 7.73. The predicted octanol–water partition coefficient (Wildman–Crippen LogP) is 2.59. The molecule has 2 aliphatic carbocycles. The molecular weight excluding hydrogens is 366 g/mol. The van der Waals surface area contributed by atoms with Crippen molar-refractivity contribution in [1.29, 1.82) is 0 Å². The lowest BCUT2D eigenvalue weighted by Gasteiger charge is -2.21. The van der Waals surface area contributed by atoms with E-state index in [1.54, 1.807) is 13.2 Å². The Morgan fingerprint density at radius 1 is 1.22 bits per heavy atom. The number of benzene rings is 1. The Morgan fingerprint density at radius 3 is 2.81 bits per heavy atom. The summed E-state index contributed by atoms with van der Waals surface area (Å²) < 4.78 is 39.2. The standard InChI is InChI=1S/C19H23N3O4S/c1-25-15-10-17(19-20-18(21-26-19)13-5-6-13)22(11-15)27(23,24)16-8-7-12-3-2-4-14(12)9-16/h7-9,13,15,17H,2-6,10-11H2,1H3/t15-,17+/m0/s1. The van der Waals surface area contributed by atoms with Crippen molar-refractivity contribution in [3.63, 3.8) is 0 Å². The molecule has 3 aliphatic rings. The van der Waals surface area contributed by atoms with Gasteiger partial charge in [0.25, 0.3) is 0 Å². The molecule has 1 saturated heterocycles. The van der Waals surface area contributed by atoms with Crippen molar-refractivity contribution in [3.05, 3.63) is 41.0 Å². The molecule has 2 atom stereocenters. The molecule has 2 heterocycles. The number of ether oxygens (including phenoxy) is 1. The SMILES string of the molecule is CO[C@H]1C[C@H](c2nc(C3CC3)no2)N(S(=O)(=O)c2ccc3c(c2)CCC3)C1. The van der Waals surface area contributed by atoms with Gasteiger partial charge in [-0.1, -0.05) is 11.2 Å². The summed E-state index contributed by atoms with van der Waals surface area (Å²) >= 11 is 0. The van der Waals surface area contributed by atoms with Crippen molar-refractivity contribution in [2.24, 2.45) is 0 Å². The van der Waals surface area contributed by atoms with E-state index in [-0.39, 0.29) is 6.10 Å². The summed E-state index contributed by atoms with van der Waals surface area (Å²) in [6.45, 7) is 0.293. The number of nitrogens with zero attached hydrogens (tertiary/aromatic N) is 3. The van der Waals surface area contributed by atoms with Crippen molar-refractivity contribution in [1.82, 2.24) is 14.4 Å². The monoisotopic (exact) mass is 389 g/mol. The van der Waals surface area contributed by atoms with E-state index in [0.29, 0.717) is 35.5 Å². The second-order valence-corrected chi connectivity index (χ2v) is 9.62. The number of rotatable bonds is 5. The van der Waals surface area contributed by atoms with E-state index in [0.717, 1.165) is 37.7 Å². The fraction of sp³-hybridized carbons (Fsp3) is 0.579. The van der Waals surface area contributed by atoms with Gasteiger partial charge < -0.3 is 9.26 Å². The minimum atomic E-state index is -3.67. The molecule has 0 unspecified atom stereocenters. The molecule has 0 spiro atoms. The van der Waals surface area contributed by atoms with Gasteiger partial charge in [0, 0.05) is 26.0 Å². The maximum atomic E-state index is 13.4. The van der Waals surface area contributed by atoms with Gasteiger partial charge in [-0.05, 0) is 55.4 Å². The van der Waals surface area contributed by atoms with Crippen LogP contribution in [0.15, 0.2) is 27.6 Å². The van der Waals surface area contributed by atoms with Crippen LogP contribution in [-0.2, 0) is 27.6 Å². The third-order valence-corrected chi connectivity index (χ3v) is 7.78. The zero-order valence-corrected chi connectivity index (χ0v) is 16.1. The average Bonchev–Trinajstić information content (AvgIpc) is 3.11. The largest absolute Gasteiger partial charge is 0.380 e. The second kappa shape index (κ2) is 6.39. The maximum absolute atomic E-state index is 13.4. The molecule has 2 aromatic rings. The van der Waals surface area contributed by atoms with Crippen LogP contribution in [-0.4, -0.2) is 42.6 Å². The van der Waals surface area contributed by atoms with Gasteiger partial charge in [0.15, 0.2) is 5.82 Å². The Hall–Kier alpha value is -1.77. The molecule has 144 valence electrons.